The zero-order valence-corrected chi connectivity index (χ0v) is 27.0. The van der Waals surface area contributed by atoms with Crippen molar-refractivity contribution < 1.29 is 123 Å². The molecule has 15 nitrogen and oxygen atoms in total. The van der Waals surface area contributed by atoms with E-state index in [-0.39, 0.29) is 64.8 Å². The molecule has 0 spiro atoms. The fourth-order valence-corrected chi connectivity index (χ4v) is 3.51. The Bertz CT molecular complexity index is 1920. The fraction of sp³-hybridized carbons (Fsp3) is 0.304. The minimum atomic E-state index is -5.65. The number of nitrogens with one attached hydrogen (secondary N) is 2. The fourth-order valence-electron chi connectivity index (χ4n) is 3.25. The van der Waals surface area contributed by atoms with Gasteiger partial charge in [0.25, 0.3) is 5.91 Å². The second-order valence-electron chi connectivity index (χ2n) is 8.09. The molecule has 3 heterocycles. The number of phosphoric acid groups is 1. The number of ether oxygens (including phenoxy) is 4. The molecule has 214 valence electrons. The molecule has 0 atom stereocenters. The summed E-state index contributed by atoms with van der Waals surface area (Å²) in [4.78, 5) is 47.2. The van der Waals surface area contributed by atoms with E-state index in [1.807, 2.05) is 0 Å². The summed E-state index contributed by atoms with van der Waals surface area (Å²) in [6, 6.07) is 0.0677. The van der Waals surface area contributed by atoms with Crippen LogP contribution in [0.4, 0.5) is 33.5 Å². The maximum atomic E-state index is 15.2. The van der Waals surface area contributed by atoms with Crippen molar-refractivity contribution in [2.24, 2.45) is 0 Å². The number of pyridine rings is 1. The molecule has 19 heteroatoms. The summed E-state index contributed by atoms with van der Waals surface area (Å²) in [5.74, 6) is -8.58. The van der Waals surface area contributed by atoms with Crippen molar-refractivity contribution in [2.75, 3.05) is 43.4 Å². The van der Waals surface area contributed by atoms with Crippen molar-refractivity contribution in [1.82, 2.24) is 15.0 Å². The van der Waals surface area contributed by atoms with E-state index < -0.39 is 118 Å². The van der Waals surface area contributed by atoms with Crippen LogP contribution in [0.3, 0.4) is 0 Å². The van der Waals surface area contributed by atoms with E-state index in [9.17, 15) is 19.1 Å². The Labute approximate surface area is 301 Å². The van der Waals surface area contributed by atoms with Crippen LogP contribution >= 0.6 is 7.82 Å². The summed E-state index contributed by atoms with van der Waals surface area (Å²) in [7, 11) is -15.4. The summed E-state index contributed by atoms with van der Waals surface area (Å²) < 4.78 is 142. The number of carbonyl (C=O) groups is 1. The van der Waals surface area contributed by atoms with Gasteiger partial charge in [0, 0.05) is 17.8 Å². The zero-order chi connectivity index (χ0) is 39.4. The molecule has 2 N–H and O–H groups in total. The van der Waals surface area contributed by atoms with Gasteiger partial charge in [-0.2, -0.15) is 4.98 Å². The predicted molar refractivity (Wildman–Crippen MR) is 135 cm³/mol. The van der Waals surface area contributed by atoms with Gasteiger partial charge in [0.1, 0.15) is 12.5 Å². The average Bonchev–Trinajstić information content (AvgIpc) is 2.94. The molecular formula is C23H24FN6Na2O9P. The quantitative estimate of drug-likeness (QED) is 0.161. The molecule has 0 fully saturated rings. The van der Waals surface area contributed by atoms with Gasteiger partial charge < -0.3 is 48.5 Å². The van der Waals surface area contributed by atoms with E-state index in [0.717, 1.165) is 12.1 Å². The van der Waals surface area contributed by atoms with E-state index in [2.05, 4.69) is 30.1 Å². The van der Waals surface area contributed by atoms with Crippen molar-refractivity contribution in [3.05, 3.63) is 36.2 Å². The Hall–Kier alpha value is -2.24. The van der Waals surface area contributed by atoms with Crippen LogP contribution in [0, 0.1) is 5.82 Å². The standard InChI is InChI=1S/C23H26FN6O9P.2Na/c1-23(2)21(31)30(11-38-40(32,33)34)20-14(39-23)6-7-17(28-20)27-19-13(24)10-25-22(29-19)26-12-8-15(35-3)18(37-5)16(9-12)36-4;;/h6-10H,11H2,1-5H3,(H2,32,33,34)(H2,25,26,27,28,29);;/q;2*+1/p-2/i3D3,4D3,5D3,6D,7D,10D;;. The van der Waals surface area contributed by atoms with E-state index >= 15 is 4.39 Å². The van der Waals surface area contributed by atoms with Crippen LogP contribution in [-0.4, -0.2) is 54.3 Å². The Morgan fingerprint density at radius 3 is 2.40 bits per heavy atom. The van der Waals surface area contributed by atoms with Gasteiger partial charge in [0.15, 0.2) is 40.3 Å². The molecule has 1 aromatic carbocycles. The molecule has 1 aliphatic rings. The first-order valence-electron chi connectivity index (χ1n) is 16.6. The van der Waals surface area contributed by atoms with Gasteiger partial charge in [-0.1, -0.05) is 0 Å². The number of hydrogen-bond donors (Lipinski definition) is 2. The van der Waals surface area contributed by atoms with Crippen LogP contribution in [0.25, 0.3) is 0 Å². The molecule has 0 saturated carbocycles. The molecule has 0 bridgehead atoms. The minimum absolute atomic E-state index is 0. The summed E-state index contributed by atoms with van der Waals surface area (Å²) in [6.45, 7) is 1.26. The monoisotopic (exact) mass is 636 g/mol. The average molecular weight is 637 g/mol. The van der Waals surface area contributed by atoms with Gasteiger partial charge in [0.05, 0.1) is 51.6 Å². The maximum Gasteiger partial charge on any atom is 1.00 e. The number of amides is 1. The minimum Gasteiger partial charge on any atom is -0.790 e. The Morgan fingerprint density at radius 2 is 1.79 bits per heavy atom. The number of methoxy groups -OCH3 is 3. The molecule has 3 aromatic rings. The van der Waals surface area contributed by atoms with Crippen LogP contribution in [0.5, 0.6) is 23.0 Å². The Morgan fingerprint density at radius 1 is 1.12 bits per heavy atom. The predicted octanol–water partition coefficient (Wildman–Crippen LogP) is -4.16. The summed E-state index contributed by atoms with van der Waals surface area (Å²) in [5.41, 5.74) is -2.14. The largest absolute Gasteiger partial charge is 1.00 e. The van der Waals surface area contributed by atoms with Crippen molar-refractivity contribution in [2.45, 2.75) is 19.4 Å². The number of carbonyl (C=O) groups excluding carboxylic acids is 1. The number of halogens is 1. The Kier molecular flexibility index (Phi) is 7.40. The van der Waals surface area contributed by atoms with E-state index in [1.54, 1.807) is 0 Å². The topological polar surface area (TPSA) is 192 Å². The van der Waals surface area contributed by atoms with Crippen LogP contribution < -0.4 is 103 Å². The van der Waals surface area contributed by atoms with Crippen molar-refractivity contribution in [1.29, 1.82) is 0 Å². The zero-order valence-electron chi connectivity index (χ0n) is 34.2. The third-order valence-corrected chi connectivity index (χ3v) is 5.39. The first-order valence-corrected chi connectivity index (χ1v) is 12.0. The van der Waals surface area contributed by atoms with Gasteiger partial charge in [-0.3, -0.25) is 9.69 Å². The van der Waals surface area contributed by atoms with Gasteiger partial charge in [-0.05, 0) is 25.9 Å². The van der Waals surface area contributed by atoms with Gasteiger partial charge in [-0.25, -0.2) is 14.4 Å². The molecule has 1 aliphatic heterocycles. The number of benzene rings is 1. The number of fused-ring (bicyclic) bond motifs is 1. The van der Waals surface area contributed by atoms with Gasteiger partial charge >= 0.3 is 59.1 Å². The van der Waals surface area contributed by atoms with E-state index in [4.69, 9.17) is 35.4 Å². The molecule has 42 heavy (non-hydrogen) atoms. The molecule has 0 radical (unpaired) electrons. The normalized spacial score (nSPS) is 18.6. The van der Waals surface area contributed by atoms with E-state index in [1.165, 1.54) is 13.8 Å². The number of rotatable bonds is 10. The van der Waals surface area contributed by atoms with Crippen molar-refractivity contribution >= 4 is 42.8 Å². The first kappa shape index (κ1) is 21.5. The molecule has 1 amide bonds. The summed E-state index contributed by atoms with van der Waals surface area (Å²) >= 11 is 0. The molecular weight excluding hydrogens is 600 g/mol. The smallest absolute Gasteiger partial charge is 0.790 e. The van der Waals surface area contributed by atoms with Crippen LogP contribution in [0.1, 0.15) is 30.3 Å². The second kappa shape index (κ2) is 14.5. The Balaban J connectivity index is 0.00000504. The van der Waals surface area contributed by atoms with Crippen molar-refractivity contribution in [3.63, 3.8) is 0 Å². The van der Waals surface area contributed by atoms with Crippen LogP contribution in [0.15, 0.2) is 30.4 Å². The second-order valence-corrected chi connectivity index (χ2v) is 9.25. The number of nitrogens with zero attached hydrogens (tertiary/aromatic N) is 4. The first-order chi connectivity index (χ1) is 23.5. The number of anilines is 5. The third-order valence-electron chi connectivity index (χ3n) is 4.95. The molecule has 0 saturated heterocycles. The van der Waals surface area contributed by atoms with E-state index in [0.29, 0.717) is 4.90 Å². The molecule has 0 unspecified atom stereocenters. The molecule has 4 rings (SSSR count). The van der Waals surface area contributed by atoms with Gasteiger partial charge in [0.2, 0.25) is 11.7 Å². The van der Waals surface area contributed by atoms with Crippen LogP contribution in [-0.2, 0) is 13.9 Å². The van der Waals surface area contributed by atoms with Crippen molar-refractivity contribution in [3.8, 4) is 23.0 Å². The molecule has 0 aliphatic carbocycles. The summed E-state index contributed by atoms with van der Waals surface area (Å²) in [6.07, 6.45) is -1.12. The third kappa shape index (κ3) is 8.23. The number of hydrogen-bond acceptors (Lipinski definition) is 14. The maximum absolute atomic E-state index is 15.2. The van der Waals surface area contributed by atoms with Crippen LogP contribution in [0.2, 0.25) is 0 Å². The molecule has 2 aromatic heterocycles. The summed E-state index contributed by atoms with van der Waals surface area (Å²) in [5, 5.41) is 4.67. The van der Waals surface area contributed by atoms with Gasteiger partial charge in [-0.15, -0.1) is 0 Å². The number of aromatic nitrogens is 3. The SMILES string of the molecule is [2H]c1nc(Nc2cc(OC([2H])([2H])[2H])c(OC([2H])([2H])[2H])c(OC([2H])([2H])[2H])c2)nc(Nc2nc3c(c([2H])c2[2H])OC(C)(C)C(=O)N3COP(=O)([O-])[O-])c1F.[Na+].[Na+]. The number of phosphoric ester groups is 1.